The number of nitrogens with zero attached hydrogens (tertiary/aromatic N) is 1. The topological polar surface area (TPSA) is 55.6 Å². The molecule has 0 radical (unpaired) electrons. The van der Waals surface area contributed by atoms with Gasteiger partial charge in [-0.05, 0) is 37.1 Å². The molecule has 2 N–H and O–H groups in total. The Hall–Kier alpha value is -1.55. The zero-order chi connectivity index (χ0) is 11.7. The molecule has 0 saturated carbocycles. The first-order valence-electron chi connectivity index (χ1n) is 5.36. The standard InChI is InChI=1S/C12H16N2O2/c1-8(16-2)14-11-5-4-10(13)7-9(11)3-6-12(14)15/h4-5,7-8H,3,6,13H2,1-2H3. The van der Waals surface area contributed by atoms with Gasteiger partial charge in [-0.2, -0.15) is 0 Å². The third-order valence-electron chi connectivity index (χ3n) is 2.94. The minimum Gasteiger partial charge on any atom is -0.399 e. The van der Waals surface area contributed by atoms with Crippen molar-refractivity contribution in [3.05, 3.63) is 23.8 Å². The lowest BCUT2D eigenvalue weighted by Crippen LogP contribution is -2.42. The van der Waals surface area contributed by atoms with Crippen LogP contribution >= 0.6 is 0 Å². The molecule has 16 heavy (non-hydrogen) atoms. The lowest BCUT2D eigenvalue weighted by Gasteiger charge is -2.33. The summed E-state index contributed by atoms with van der Waals surface area (Å²) in [6, 6.07) is 5.63. The summed E-state index contributed by atoms with van der Waals surface area (Å²) in [7, 11) is 1.60. The summed E-state index contributed by atoms with van der Waals surface area (Å²) in [6.07, 6.45) is 1.03. The summed E-state index contributed by atoms with van der Waals surface area (Å²) in [4.78, 5) is 13.5. The maximum absolute atomic E-state index is 11.9. The number of carbonyl (C=O) groups is 1. The number of rotatable bonds is 2. The highest BCUT2D eigenvalue weighted by Gasteiger charge is 2.27. The quantitative estimate of drug-likeness (QED) is 0.769. The van der Waals surface area contributed by atoms with Gasteiger partial charge < -0.3 is 10.5 Å². The number of benzene rings is 1. The van der Waals surface area contributed by atoms with E-state index in [1.165, 1.54) is 0 Å². The molecule has 0 fully saturated rings. The number of methoxy groups -OCH3 is 1. The number of hydrogen-bond donors (Lipinski definition) is 1. The van der Waals surface area contributed by atoms with E-state index in [9.17, 15) is 4.79 Å². The Morgan fingerprint density at radius 2 is 2.19 bits per heavy atom. The summed E-state index contributed by atoms with van der Waals surface area (Å²) in [6.45, 7) is 1.86. The lowest BCUT2D eigenvalue weighted by molar-refractivity contribution is -0.121. The van der Waals surface area contributed by atoms with E-state index in [0.717, 1.165) is 23.4 Å². The van der Waals surface area contributed by atoms with Gasteiger partial charge in [0.25, 0.3) is 0 Å². The van der Waals surface area contributed by atoms with Gasteiger partial charge in [0.05, 0.1) is 0 Å². The van der Waals surface area contributed by atoms with Gasteiger partial charge in [0.1, 0.15) is 6.23 Å². The smallest absolute Gasteiger partial charge is 0.229 e. The molecule has 1 aliphatic heterocycles. The third-order valence-corrected chi connectivity index (χ3v) is 2.94. The van der Waals surface area contributed by atoms with Gasteiger partial charge in [-0.25, -0.2) is 0 Å². The molecule has 4 heteroatoms. The number of hydrogen-bond acceptors (Lipinski definition) is 3. The van der Waals surface area contributed by atoms with Crippen LogP contribution in [0, 0.1) is 0 Å². The minimum absolute atomic E-state index is 0.103. The van der Waals surface area contributed by atoms with E-state index in [2.05, 4.69) is 0 Å². The summed E-state index contributed by atoms with van der Waals surface area (Å²) < 4.78 is 5.22. The van der Waals surface area contributed by atoms with Gasteiger partial charge in [-0.1, -0.05) is 0 Å². The Kier molecular flexibility index (Phi) is 2.83. The second-order valence-corrected chi connectivity index (χ2v) is 3.99. The number of anilines is 2. The third kappa shape index (κ3) is 1.76. The van der Waals surface area contributed by atoms with E-state index in [1.807, 2.05) is 25.1 Å². The Bertz CT molecular complexity index is 417. The van der Waals surface area contributed by atoms with Crippen LogP contribution in [0.5, 0.6) is 0 Å². The molecule has 0 aliphatic carbocycles. The highest BCUT2D eigenvalue weighted by molar-refractivity contribution is 5.97. The van der Waals surface area contributed by atoms with Gasteiger partial charge in [0.2, 0.25) is 5.91 Å². The lowest BCUT2D eigenvalue weighted by atomic mass is 10.0. The maximum atomic E-state index is 11.9. The van der Waals surface area contributed by atoms with Crippen molar-refractivity contribution in [2.45, 2.75) is 26.0 Å². The molecule has 1 aliphatic rings. The van der Waals surface area contributed by atoms with E-state index in [-0.39, 0.29) is 12.1 Å². The van der Waals surface area contributed by atoms with E-state index in [1.54, 1.807) is 12.0 Å². The fourth-order valence-corrected chi connectivity index (χ4v) is 2.04. The van der Waals surface area contributed by atoms with Crippen molar-refractivity contribution < 1.29 is 9.53 Å². The molecule has 1 aromatic carbocycles. The highest BCUT2D eigenvalue weighted by Crippen LogP contribution is 2.31. The zero-order valence-electron chi connectivity index (χ0n) is 9.56. The van der Waals surface area contributed by atoms with E-state index in [0.29, 0.717) is 6.42 Å². The van der Waals surface area contributed by atoms with Crippen LogP contribution in [0.15, 0.2) is 18.2 Å². The van der Waals surface area contributed by atoms with E-state index >= 15 is 0 Å². The average molecular weight is 220 g/mol. The Morgan fingerprint density at radius 3 is 2.88 bits per heavy atom. The predicted molar refractivity (Wildman–Crippen MR) is 63.1 cm³/mol. The zero-order valence-corrected chi connectivity index (χ0v) is 9.56. The SMILES string of the molecule is COC(C)N1C(=O)CCc2cc(N)ccc21. The Morgan fingerprint density at radius 1 is 1.44 bits per heavy atom. The van der Waals surface area contributed by atoms with Gasteiger partial charge in [0, 0.05) is 24.9 Å². The average Bonchev–Trinajstić information content (AvgIpc) is 2.28. The molecule has 1 amide bonds. The molecule has 86 valence electrons. The number of ether oxygens (including phenoxy) is 1. The second kappa shape index (κ2) is 4.14. The normalized spacial score (nSPS) is 17.1. The number of carbonyl (C=O) groups excluding carboxylic acids is 1. The van der Waals surface area contributed by atoms with Crippen molar-refractivity contribution in [1.82, 2.24) is 0 Å². The molecular weight excluding hydrogens is 204 g/mol. The minimum atomic E-state index is -0.241. The van der Waals surface area contributed by atoms with E-state index < -0.39 is 0 Å². The molecule has 1 unspecified atom stereocenters. The first kappa shape index (κ1) is 11.0. The van der Waals surface area contributed by atoms with Crippen LogP contribution in [0.1, 0.15) is 18.9 Å². The van der Waals surface area contributed by atoms with Crippen molar-refractivity contribution in [3.63, 3.8) is 0 Å². The molecule has 1 atom stereocenters. The fourth-order valence-electron chi connectivity index (χ4n) is 2.04. The number of fused-ring (bicyclic) bond motifs is 1. The molecule has 4 nitrogen and oxygen atoms in total. The molecule has 1 aromatic rings. The van der Waals surface area contributed by atoms with Gasteiger partial charge >= 0.3 is 0 Å². The number of nitrogen functional groups attached to an aromatic ring is 1. The van der Waals surface area contributed by atoms with E-state index in [4.69, 9.17) is 10.5 Å². The first-order chi connectivity index (χ1) is 7.63. The monoisotopic (exact) mass is 220 g/mol. The van der Waals surface area contributed by atoms with Crippen LogP contribution in [0.2, 0.25) is 0 Å². The van der Waals surface area contributed by atoms with Crippen molar-refractivity contribution in [2.75, 3.05) is 17.7 Å². The molecular formula is C12H16N2O2. The van der Waals surface area contributed by atoms with Gasteiger partial charge in [-0.3, -0.25) is 9.69 Å². The van der Waals surface area contributed by atoms with Crippen LogP contribution in [-0.2, 0) is 16.0 Å². The molecule has 0 aromatic heterocycles. The summed E-state index contributed by atoms with van der Waals surface area (Å²) >= 11 is 0. The van der Waals surface area contributed by atoms with Crippen LogP contribution in [0.4, 0.5) is 11.4 Å². The molecule has 0 spiro atoms. The van der Waals surface area contributed by atoms with Crippen LogP contribution in [-0.4, -0.2) is 19.2 Å². The number of amides is 1. The van der Waals surface area contributed by atoms with Gasteiger partial charge in [-0.15, -0.1) is 0 Å². The van der Waals surface area contributed by atoms with Crippen molar-refractivity contribution in [2.24, 2.45) is 0 Å². The van der Waals surface area contributed by atoms with Crippen molar-refractivity contribution in [3.8, 4) is 0 Å². The van der Waals surface area contributed by atoms with Crippen LogP contribution < -0.4 is 10.6 Å². The molecule has 2 rings (SSSR count). The summed E-state index contributed by atoms with van der Waals surface area (Å²) in [5, 5.41) is 0. The Labute approximate surface area is 95.0 Å². The second-order valence-electron chi connectivity index (χ2n) is 3.99. The molecule has 0 saturated heterocycles. The maximum Gasteiger partial charge on any atom is 0.229 e. The number of aryl methyl sites for hydroxylation is 1. The van der Waals surface area contributed by atoms with Crippen LogP contribution in [0.25, 0.3) is 0 Å². The summed E-state index contributed by atoms with van der Waals surface area (Å²) in [5.41, 5.74) is 8.50. The molecule has 1 heterocycles. The fraction of sp³-hybridized carbons (Fsp3) is 0.417. The largest absolute Gasteiger partial charge is 0.399 e. The molecule has 0 bridgehead atoms. The van der Waals surface area contributed by atoms with Crippen molar-refractivity contribution in [1.29, 1.82) is 0 Å². The van der Waals surface area contributed by atoms with Gasteiger partial charge in [0.15, 0.2) is 0 Å². The van der Waals surface area contributed by atoms with Crippen LogP contribution in [0.3, 0.4) is 0 Å². The Balaban J connectivity index is 2.44. The first-order valence-corrected chi connectivity index (χ1v) is 5.36. The van der Waals surface area contributed by atoms with Crippen molar-refractivity contribution >= 4 is 17.3 Å². The highest BCUT2D eigenvalue weighted by atomic mass is 16.5. The summed E-state index contributed by atoms with van der Waals surface area (Å²) in [5.74, 6) is 0.103. The predicted octanol–water partition coefficient (Wildman–Crippen LogP) is 1.54. The number of nitrogens with two attached hydrogens (primary N) is 1.